The summed E-state index contributed by atoms with van der Waals surface area (Å²) in [5.74, 6) is -0.653. The number of aliphatic hydroxyl groups is 1. The summed E-state index contributed by atoms with van der Waals surface area (Å²) in [4.78, 5) is 0. The van der Waals surface area contributed by atoms with Gasteiger partial charge in [-0.15, -0.1) is 11.6 Å². The molecule has 5 nitrogen and oxygen atoms in total. The van der Waals surface area contributed by atoms with E-state index in [-0.39, 0.29) is 12.0 Å². The Morgan fingerprint density at radius 2 is 2.00 bits per heavy atom. The zero-order valence-corrected chi connectivity index (χ0v) is 13.4. The van der Waals surface area contributed by atoms with Crippen LogP contribution in [0.3, 0.4) is 0 Å². The van der Waals surface area contributed by atoms with Crippen LogP contribution in [-0.4, -0.2) is 47.5 Å². The van der Waals surface area contributed by atoms with Crippen LogP contribution in [-0.2, 0) is 25.6 Å². The summed E-state index contributed by atoms with van der Waals surface area (Å²) in [6.07, 6.45) is -2.74. The Balaban J connectivity index is 1.71. The van der Waals surface area contributed by atoms with Crippen LogP contribution < -0.4 is 0 Å². The highest BCUT2D eigenvalue weighted by Gasteiger charge is 2.56. The van der Waals surface area contributed by atoms with Crippen molar-refractivity contribution < 1.29 is 24.1 Å². The van der Waals surface area contributed by atoms with Crippen molar-refractivity contribution >= 4 is 11.6 Å². The Morgan fingerprint density at radius 3 is 2.68 bits per heavy atom. The molecule has 22 heavy (non-hydrogen) atoms. The van der Waals surface area contributed by atoms with E-state index in [1.807, 2.05) is 44.2 Å². The molecule has 2 aliphatic heterocycles. The van der Waals surface area contributed by atoms with Crippen LogP contribution in [0, 0.1) is 0 Å². The molecule has 3 rings (SSSR count). The summed E-state index contributed by atoms with van der Waals surface area (Å²) in [6.45, 7) is 4.07. The van der Waals surface area contributed by atoms with Crippen molar-refractivity contribution in [2.75, 3.05) is 5.88 Å². The predicted molar refractivity (Wildman–Crippen MR) is 80.4 cm³/mol. The van der Waals surface area contributed by atoms with Crippen molar-refractivity contribution in [2.24, 2.45) is 0 Å². The Morgan fingerprint density at radius 1 is 1.27 bits per heavy atom. The number of hydrogen-bond acceptors (Lipinski definition) is 5. The molecular formula is C16H21ClO5. The molecule has 122 valence electrons. The molecule has 2 heterocycles. The third-order valence-corrected chi connectivity index (χ3v) is 4.17. The van der Waals surface area contributed by atoms with Gasteiger partial charge in [0, 0.05) is 0 Å². The van der Waals surface area contributed by atoms with E-state index >= 15 is 0 Å². The normalized spacial score (nSPS) is 34.5. The van der Waals surface area contributed by atoms with E-state index in [9.17, 15) is 5.11 Å². The summed E-state index contributed by atoms with van der Waals surface area (Å²) >= 11 is 5.76. The average Bonchev–Trinajstić information content (AvgIpc) is 2.97. The summed E-state index contributed by atoms with van der Waals surface area (Å²) in [5.41, 5.74) is 1.04. The Kier molecular flexibility index (Phi) is 4.73. The summed E-state index contributed by atoms with van der Waals surface area (Å²) < 4.78 is 23.3. The lowest BCUT2D eigenvalue weighted by molar-refractivity contribution is -0.229. The van der Waals surface area contributed by atoms with Crippen molar-refractivity contribution in [1.82, 2.24) is 0 Å². The van der Waals surface area contributed by atoms with Crippen LogP contribution in [0.2, 0.25) is 0 Å². The number of ether oxygens (including phenoxy) is 4. The van der Waals surface area contributed by atoms with Gasteiger partial charge in [0.15, 0.2) is 12.1 Å². The van der Waals surface area contributed by atoms with E-state index in [0.717, 1.165) is 5.56 Å². The zero-order chi connectivity index (χ0) is 15.7. The number of hydrogen-bond donors (Lipinski definition) is 1. The van der Waals surface area contributed by atoms with Crippen molar-refractivity contribution in [3.63, 3.8) is 0 Å². The van der Waals surface area contributed by atoms with Crippen molar-refractivity contribution in [3.05, 3.63) is 35.9 Å². The monoisotopic (exact) mass is 328 g/mol. The van der Waals surface area contributed by atoms with Crippen LogP contribution in [0.15, 0.2) is 30.3 Å². The minimum absolute atomic E-state index is 0.0682. The number of alkyl halides is 1. The van der Waals surface area contributed by atoms with Gasteiger partial charge in [0.05, 0.1) is 18.6 Å². The zero-order valence-electron chi connectivity index (χ0n) is 12.6. The lowest BCUT2D eigenvalue weighted by atomic mass is 10.1. The molecular weight excluding hydrogens is 308 g/mol. The molecule has 2 fully saturated rings. The minimum atomic E-state index is -0.830. The molecule has 0 saturated carbocycles. The van der Waals surface area contributed by atoms with Crippen molar-refractivity contribution in [1.29, 1.82) is 0 Å². The topological polar surface area (TPSA) is 57.2 Å². The fraction of sp³-hybridized carbons (Fsp3) is 0.625. The molecule has 1 N–H and O–H groups in total. The lowest BCUT2D eigenvalue weighted by Gasteiger charge is -2.28. The van der Waals surface area contributed by atoms with E-state index in [2.05, 4.69) is 0 Å². The first-order valence-corrected chi connectivity index (χ1v) is 7.94. The van der Waals surface area contributed by atoms with Gasteiger partial charge in [-0.3, -0.25) is 0 Å². The largest absolute Gasteiger partial charge is 0.389 e. The molecule has 5 atom stereocenters. The quantitative estimate of drug-likeness (QED) is 0.838. The fourth-order valence-electron chi connectivity index (χ4n) is 2.86. The van der Waals surface area contributed by atoms with Crippen LogP contribution >= 0.6 is 11.6 Å². The van der Waals surface area contributed by atoms with E-state index < -0.39 is 30.4 Å². The van der Waals surface area contributed by atoms with Gasteiger partial charge in [0.25, 0.3) is 0 Å². The van der Waals surface area contributed by atoms with Crippen molar-refractivity contribution in [2.45, 2.75) is 56.9 Å². The first-order valence-electron chi connectivity index (χ1n) is 7.41. The van der Waals surface area contributed by atoms with E-state index in [1.54, 1.807) is 0 Å². The molecule has 0 aliphatic carbocycles. The van der Waals surface area contributed by atoms with Crippen LogP contribution in [0.1, 0.15) is 19.4 Å². The highest BCUT2D eigenvalue weighted by Crippen LogP contribution is 2.40. The van der Waals surface area contributed by atoms with Crippen LogP contribution in [0.25, 0.3) is 0 Å². The molecule has 6 heteroatoms. The highest BCUT2D eigenvalue weighted by atomic mass is 35.5. The Labute approximate surface area is 135 Å². The molecule has 0 unspecified atom stereocenters. The SMILES string of the molecule is CC1(C)O[C@H]2O[C@H]([C@H](O)CCl)[C@H](OCc3ccccc3)[C@H]2O1. The standard InChI is InChI=1S/C16H21ClO5/c1-16(2)21-14-13(19-9-10-6-4-3-5-7-10)12(11(18)8-17)20-15(14)22-16/h3-7,11-15,18H,8-9H2,1-2H3/t11-,12-,13+,14-,15-/m1/s1. The maximum atomic E-state index is 10.1. The van der Waals surface area contributed by atoms with Crippen LogP contribution in [0.4, 0.5) is 0 Å². The molecule has 0 spiro atoms. The molecule has 1 aromatic carbocycles. The molecule has 1 aromatic rings. The van der Waals surface area contributed by atoms with Gasteiger partial charge in [0.2, 0.25) is 0 Å². The Bertz CT molecular complexity index is 495. The second kappa shape index (κ2) is 6.43. The third-order valence-electron chi connectivity index (χ3n) is 3.85. The maximum Gasteiger partial charge on any atom is 0.190 e. The lowest BCUT2D eigenvalue weighted by Crippen LogP contribution is -2.43. The van der Waals surface area contributed by atoms with Gasteiger partial charge in [-0.25, -0.2) is 0 Å². The van der Waals surface area contributed by atoms with Gasteiger partial charge in [-0.2, -0.15) is 0 Å². The molecule has 0 amide bonds. The number of fused-ring (bicyclic) bond motifs is 1. The number of benzene rings is 1. The highest BCUT2D eigenvalue weighted by molar-refractivity contribution is 6.18. The summed E-state index contributed by atoms with van der Waals surface area (Å²) in [6, 6.07) is 9.83. The fourth-order valence-corrected chi connectivity index (χ4v) is 3.03. The van der Waals surface area contributed by atoms with Gasteiger partial charge in [-0.1, -0.05) is 30.3 Å². The van der Waals surface area contributed by atoms with Crippen molar-refractivity contribution in [3.8, 4) is 0 Å². The van der Waals surface area contributed by atoms with E-state index in [1.165, 1.54) is 0 Å². The first-order chi connectivity index (χ1) is 10.5. The minimum Gasteiger partial charge on any atom is -0.389 e. The van der Waals surface area contributed by atoms with E-state index in [0.29, 0.717) is 6.61 Å². The van der Waals surface area contributed by atoms with Crippen LogP contribution in [0.5, 0.6) is 0 Å². The molecule has 0 bridgehead atoms. The predicted octanol–water partition coefficient (Wildman–Crippen LogP) is 2.05. The van der Waals surface area contributed by atoms with Gasteiger partial charge < -0.3 is 24.1 Å². The smallest absolute Gasteiger partial charge is 0.190 e. The number of halogens is 1. The molecule has 2 aliphatic rings. The second-order valence-corrected chi connectivity index (χ2v) is 6.36. The first kappa shape index (κ1) is 16.2. The third kappa shape index (κ3) is 3.30. The summed E-state index contributed by atoms with van der Waals surface area (Å²) in [5, 5.41) is 10.1. The van der Waals surface area contributed by atoms with Gasteiger partial charge in [-0.05, 0) is 19.4 Å². The van der Waals surface area contributed by atoms with E-state index in [4.69, 9.17) is 30.5 Å². The second-order valence-electron chi connectivity index (χ2n) is 6.05. The Hall–Kier alpha value is -0.690. The number of rotatable bonds is 5. The summed E-state index contributed by atoms with van der Waals surface area (Å²) in [7, 11) is 0. The molecule has 0 aromatic heterocycles. The number of aliphatic hydroxyl groups excluding tert-OH is 1. The average molecular weight is 329 g/mol. The van der Waals surface area contributed by atoms with Gasteiger partial charge >= 0.3 is 0 Å². The van der Waals surface area contributed by atoms with Gasteiger partial charge in [0.1, 0.15) is 18.3 Å². The maximum absolute atomic E-state index is 10.1. The molecule has 0 radical (unpaired) electrons. The molecule has 2 saturated heterocycles.